The molecule has 0 aliphatic carbocycles. The lowest BCUT2D eigenvalue weighted by atomic mass is 10.0. The van der Waals surface area contributed by atoms with E-state index in [0.29, 0.717) is 25.9 Å². The van der Waals surface area contributed by atoms with Gasteiger partial charge in [0.2, 0.25) is 5.91 Å². The highest BCUT2D eigenvalue weighted by Crippen LogP contribution is 2.16. The van der Waals surface area contributed by atoms with Gasteiger partial charge in [-0.05, 0) is 77.0 Å². The Labute approximate surface area is 392 Å². The van der Waals surface area contributed by atoms with Gasteiger partial charge in [-0.15, -0.1) is 0 Å². The monoisotopic (exact) mass is 888 g/mol. The molecular weight excluding hydrogens is 779 g/mol. The van der Waals surface area contributed by atoms with Crippen molar-refractivity contribution < 1.29 is 24.5 Å². The van der Waals surface area contributed by atoms with Crippen LogP contribution in [0.2, 0.25) is 0 Å². The van der Waals surface area contributed by atoms with Gasteiger partial charge in [0.15, 0.2) is 0 Å². The third-order valence-corrected chi connectivity index (χ3v) is 13.0. The fourth-order valence-corrected chi connectivity index (χ4v) is 8.63. The summed E-state index contributed by atoms with van der Waals surface area (Å²) in [4.78, 5) is 24.5. The average Bonchev–Trinajstić information content (AvgIpc) is 3.28. The van der Waals surface area contributed by atoms with E-state index >= 15 is 0 Å². The van der Waals surface area contributed by atoms with E-state index in [1.165, 1.54) is 205 Å². The number of esters is 1. The fraction of sp³-hybridized carbons (Fsp3) is 0.895. The van der Waals surface area contributed by atoms with Crippen LogP contribution in [0.3, 0.4) is 0 Å². The first kappa shape index (κ1) is 61.3. The van der Waals surface area contributed by atoms with E-state index < -0.39 is 12.1 Å². The maximum atomic E-state index is 12.5. The standard InChI is InChI=1S/C57H109NO5/c1-3-5-7-9-11-13-15-17-21-25-29-33-37-41-45-49-55(60)54(53-59)58-56(61)50-46-42-38-34-30-26-23-19-20-24-28-32-36-40-44-48-52-63-57(62)51-47-43-39-35-31-27-22-18-16-14-12-10-8-6-4-2/h18-19,22-23,54-55,59-60H,3-17,20-21,24-53H2,1-2H3,(H,58,61)/b22-18-,23-19-. The largest absolute Gasteiger partial charge is 0.466 e. The molecule has 0 aliphatic rings. The highest BCUT2D eigenvalue weighted by atomic mass is 16.5. The van der Waals surface area contributed by atoms with Gasteiger partial charge in [-0.2, -0.15) is 0 Å². The molecule has 0 saturated carbocycles. The highest BCUT2D eigenvalue weighted by molar-refractivity contribution is 5.76. The van der Waals surface area contributed by atoms with E-state index in [4.69, 9.17) is 4.74 Å². The molecule has 63 heavy (non-hydrogen) atoms. The molecule has 0 rings (SSSR count). The summed E-state index contributed by atoms with van der Waals surface area (Å²) in [7, 11) is 0. The number of rotatable bonds is 52. The van der Waals surface area contributed by atoms with E-state index in [1.807, 2.05) is 0 Å². The third-order valence-electron chi connectivity index (χ3n) is 13.0. The molecule has 0 aromatic rings. The molecule has 0 aliphatic heterocycles. The van der Waals surface area contributed by atoms with E-state index in [0.717, 1.165) is 64.2 Å². The number of amides is 1. The molecule has 0 bridgehead atoms. The first-order valence-electron chi connectivity index (χ1n) is 28.1. The van der Waals surface area contributed by atoms with Gasteiger partial charge in [-0.25, -0.2) is 0 Å². The number of aliphatic hydroxyl groups excluding tert-OH is 2. The van der Waals surface area contributed by atoms with Gasteiger partial charge in [0.25, 0.3) is 0 Å². The Morgan fingerprint density at radius 1 is 0.429 bits per heavy atom. The van der Waals surface area contributed by atoms with Crippen LogP contribution in [-0.4, -0.2) is 47.4 Å². The number of ether oxygens (including phenoxy) is 1. The van der Waals surface area contributed by atoms with Gasteiger partial charge in [-0.1, -0.05) is 237 Å². The van der Waals surface area contributed by atoms with Crippen LogP contribution in [0.25, 0.3) is 0 Å². The maximum Gasteiger partial charge on any atom is 0.305 e. The zero-order valence-electron chi connectivity index (χ0n) is 42.3. The molecule has 0 saturated heterocycles. The minimum atomic E-state index is -0.674. The van der Waals surface area contributed by atoms with Crippen molar-refractivity contribution in [1.29, 1.82) is 0 Å². The summed E-state index contributed by atoms with van der Waals surface area (Å²) in [6, 6.07) is -0.553. The molecule has 0 heterocycles. The number of hydrogen-bond acceptors (Lipinski definition) is 5. The van der Waals surface area contributed by atoms with Gasteiger partial charge in [-0.3, -0.25) is 9.59 Å². The van der Waals surface area contributed by atoms with Gasteiger partial charge in [0, 0.05) is 12.8 Å². The molecule has 6 heteroatoms. The second-order valence-electron chi connectivity index (χ2n) is 19.3. The molecule has 2 unspecified atom stereocenters. The molecule has 0 aromatic heterocycles. The molecular formula is C57H109NO5. The number of unbranched alkanes of at least 4 members (excludes halogenated alkanes) is 37. The lowest BCUT2D eigenvalue weighted by Crippen LogP contribution is -2.45. The number of nitrogens with one attached hydrogen (secondary N) is 1. The predicted molar refractivity (Wildman–Crippen MR) is 273 cm³/mol. The fourth-order valence-electron chi connectivity index (χ4n) is 8.63. The second-order valence-corrected chi connectivity index (χ2v) is 19.3. The van der Waals surface area contributed by atoms with Crippen molar-refractivity contribution in [1.82, 2.24) is 5.32 Å². The summed E-state index contributed by atoms with van der Waals surface area (Å²) in [5.74, 6) is -0.0619. The van der Waals surface area contributed by atoms with Crippen molar-refractivity contribution in [3.8, 4) is 0 Å². The van der Waals surface area contributed by atoms with Crippen LogP contribution in [-0.2, 0) is 14.3 Å². The topological polar surface area (TPSA) is 95.9 Å². The normalized spacial score (nSPS) is 12.8. The minimum Gasteiger partial charge on any atom is -0.466 e. The number of aliphatic hydroxyl groups is 2. The van der Waals surface area contributed by atoms with Crippen molar-refractivity contribution in [3.05, 3.63) is 24.3 Å². The van der Waals surface area contributed by atoms with Crippen molar-refractivity contribution in [3.63, 3.8) is 0 Å². The molecule has 372 valence electrons. The first-order valence-corrected chi connectivity index (χ1v) is 28.1. The second kappa shape index (κ2) is 53.0. The lowest BCUT2D eigenvalue weighted by Gasteiger charge is -2.22. The van der Waals surface area contributed by atoms with E-state index in [-0.39, 0.29) is 18.5 Å². The highest BCUT2D eigenvalue weighted by Gasteiger charge is 2.20. The van der Waals surface area contributed by atoms with Crippen molar-refractivity contribution in [2.24, 2.45) is 0 Å². The van der Waals surface area contributed by atoms with Crippen molar-refractivity contribution >= 4 is 11.9 Å². The van der Waals surface area contributed by atoms with Crippen LogP contribution in [0.5, 0.6) is 0 Å². The Kier molecular flexibility index (Phi) is 51.6. The SMILES string of the molecule is CCCCCCCC/C=C\CCCCCCCC(=O)OCCCCCCCCC/C=C\CCCCCCCC(=O)NC(CO)C(O)CCCCCCCCCCCCCCCCC. The van der Waals surface area contributed by atoms with Crippen LogP contribution in [0.15, 0.2) is 24.3 Å². The summed E-state index contributed by atoms with van der Waals surface area (Å²) >= 11 is 0. The zero-order chi connectivity index (χ0) is 45.8. The quantitative estimate of drug-likeness (QED) is 0.0321. The van der Waals surface area contributed by atoms with Crippen molar-refractivity contribution in [2.75, 3.05) is 13.2 Å². The molecule has 0 aromatic carbocycles. The molecule has 0 fully saturated rings. The Balaban J connectivity index is 3.47. The predicted octanol–water partition coefficient (Wildman–Crippen LogP) is 17.1. The summed E-state index contributed by atoms with van der Waals surface area (Å²) in [6.07, 6.45) is 63.0. The van der Waals surface area contributed by atoms with Crippen LogP contribution < -0.4 is 5.32 Å². The molecule has 0 spiro atoms. The molecule has 0 radical (unpaired) electrons. The molecule has 6 nitrogen and oxygen atoms in total. The Bertz CT molecular complexity index is 982. The maximum absolute atomic E-state index is 12.5. The zero-order valence-corrected chi connectivity index (χ0v) is 42.3. The summed E-state index contributed by atoms with van der Waals surface area (Å²) in [6.45, 7) is 4.93. The Hall–Kier alpha value is -1.66. The first-order chi connectivity index (χ1) is 31.0. The van der Waals surface area contributed by atoms with Gasteiger partial charge in [0.05, 0.1) is 25.4 Å². The number of carbonyl (C=O) groups excluding carboxylic acids is 2. The number of allylic oxidation sites excluding steroid dienone is 4. The summed E-state index contributed by atoms with van der Waals surface area (Å²) in [5, 5.41) is 23.2. The van der Waals surface area contributed by atoms with Gasteiger partial charge in [0.1, 0.15) is 0 Å². The Morgan fingerprint density at radius 2 is 0.746 bits per heavy atom. The minimum absolute atomic E-state index is 0.0106. The summed E-state index contributed by atoms with van der Waals surface area (Å²) in [5.41, 5.74) is 0. The average molecular weight is 889 g/mol. The number of carbonyl (C=O) groups is 2. The van der Waals surface area contributed by atoms with E-state index in [2.05, 4.69) is 43.5 Å². The Morgan fingerprint density at radius 3 is 1.13 bits per heavy atom. The van der Waals surface area contributed by atoms with E-state index in [1.54, 1.807) is 0 Å². The van der Waals surface area contributed by atoms with Crippen molar-refractivity contribution in [2.45, 2.75) is 315 Å². The third kappa shape index (κ3) is 49.6. The molecule has 3 N–H and O–H groups in total. The van der Waals surface area contributed by atoms with E-state index in [9.17, 15) is 19.8 Å². The smallest absolute Gasteiger partial charge is 0.305 e. The lowest BCUT2D eigenvalue weighted by molar-refractivity contribution is -0.143. The van der Waals surface area contributed by atoms with Gasteiger partial charge >= 0.3 is 5.97 Å². The van der Waals surface area contributed by atoms with Crippen LogP contribution in [0, 0.1) is 0 Å². The van der Waals surface area contributed by atoms with Crippen LogP contribution in [0.1, 0.15) is 303 Å². The summed E-state index contributed by atoms with van der Waals surface area (Å²) < 4.78 is 5.46. The van der Waals surface area contributed by atoms with Gasteiger partial charge < -0.3 is 20.3 Å². The molecule has 1 amide bonds. The number of hydrogen-bond donors (Lipinski definition) is 3. The van der Waals surface area contributed by atoms with Crippen LogP contribution >= 0.6 is 0 Å². The molecule has 2 atom stereocenters. The van der Waals surface area contributed by atoms with Crippen LogP contribution in [0.4, 0.5) is 0 Å².